The summed E-state index contributed by atoms with van der Waals surface area (Å²) >= 11 is 1.73. The van der Waals surface area contributed by atoms with Crippen molar-refractivity contribution in [2.24, 2.45) is 5.73 Å². The van der Waals surface area contributed by atoms with Crippen molar-refractivity contribution in [3.05, 3.63) is 119 Å². The molecule has 5 rings (SSSR count). The molecule has 196 valence electrons. The topological polar surface area (TPSA) is 73.9 Å². The summed E-state index contributed by atoms with van der Waals surface area (Å²) in [5.74, 6) is 1.64. The highest BCUT2D eigenvalue weighted by molar-refractivity contribution is 7.99. The Hall–Kier alpha value is -3.13. The van der Waals surface area contributed by atoms with Crippen LogP contribution in [0.3, 0.4) is 0 Å². The first-order valence-corrected chi connectivity index (χ1v) is 13.8. The highest BCUT2D eigenvalue weighted by atomic mass is 32.2. The number of rotatable bonds is 9. The third-order valence-electron chi connectivity index (χ3n) is 6.79. The molecule has 0 amide bonds. The number of thioether (sulfide) groups is 1. The minimum Gasteiger partial charge on any atom is -0.496 e. The highest BCUT2D eigenvalue weighted by Crippen LogP contribution is 2.40. The summed E-state index contributed by atoms with van der Waals surface area (Å²) in [6.07, 6.45) is 0.109. The van der Waals surface area contributed by atoms with Crippen LogP contribution in [0, 0.1) is 0 Å². The van der Waals surface area contributed by atoms with E-state index in [1.54, 1.807) is 18.9 Å². The number of methoxy groups -OCH3 is 1. The molecule has 0 spiro atoms. The summed E-state index contributed by atoms with van der Waals surface area (Å²) in [6.45, 7) is 0.543. The molecular formula is C32H33NO4S. The zero-order valence-electron chi connectivity index (χ0n) is 21.5. The quantitative estimate of drug-likeness (QED) is 0.237. The molecule has 0 aliphatic carbocycles. The molecule has 5 nitrogen and oxygen atoms in total. The number of nitrogens with two attached hydrogens (primary N) is 1. The second-order valence-corrected chi connectivity index (χ2v) is 10.4. The molecule has 1 heterocycles. The zero-order valence-corrected chi connectivity index (χ0v) is 22.3. The maximum atomic E-state index is 9.46. The van der Waals surface area contributed by atoms with Crippen LogP contribution >= 0.6 is 11.8 Å². The molecule has 0 aromatic heterocycles. The van der Waals surface area contributed by atoms with Gasteiger partial charge in [-0.3, -0.25) is 0 Å². The maximum absolute atomic E-state index is 9.46. The third-order valence-corrected chi connectivity index (χ3v) is 7.97. The van der Waals surface area contributed by atoms with Crippen LogP contribution in [0.25, 0.3) is 11.1 Å². The van der Waals surface area contributed by atoms with Crippen molar-refractivity contribution in [2.45, 2.75) is 43.0 Å². The smallest absolute Gasteiger partial charge is 0.184 e. The van der Waals surface area contributed by atoms with E-state index in [2.05, 4.69) is 42.5 Å². The molecule has 1 aliphatic rings. The molecule has 3 N–H and O–H groups in total. The Bertz CT molecular complexity index is 1330. The average Bonchev–Trinajstić information content (AvgIpc) is 3.00. The summed E-state index contributed by atoms with van der Waals surface area (Å²) in [4.78, 5) is 1.09. The van der Waals surface area contributed by atoms with E-state index in [9.17, 15) is 5.11 Å². The van der Waals surface area contributed by atoms with Gasteiger partial charge in [-0.2, -0.15) is 0 Å². The second-order valence-electron chi connectivity index (χ2n) is 9.34. The van der Waals surface area contributed by atoms with Crippen molar-refractivity contribution in [3.63, 3.8) is 0 Å². The lowest BCUT2D eigenvalue weighted by molar-refractivity contribution is -0.245. The van der Waals surface area contributed by atoms with Gasteiger partial charge >= 0.3 is 0 Å². The molecule has 0 radical (unpaired) electrons. The van der Waals surface area contributed by atoms with Crippen molar-refractivity contribution in [2.75, 3.05) is 12.9 Å². The van der Waals surface area contributed by atoms with Crippen LogP contribution in [0.5, 0.6) is 5.75 Å². The number of aliphatic hydroxyl groups is 1. The lowest BCUT2D eigenvalue weighted by Crippen LogP contribution is -2.31. The molecule has 1 saturated heterocycles. The van der Waals surface area contributed by atoms with Gasteiger partial charge in [0.05, 0.1) is 25.9 Å². The highest BCUT2D eigenvalue weighted by Gasteiger charge is 2.32. The summed E-state index contributed by atoms with van der Waals surface area (Å²) in [6, 6.07) is 32.7. The number of benzene rings is 4. The Morgan fingerprint density at radius 2 is 1.61 bits per heavy atom. The van der Waals surface area contributed by atoms with Gasteiger partial charge in [-0.05, 0) is 46.0 Å². The Labute approximate surface area is 228 Å². The van der Waals surface area contributed by atoms with Gasteiger partial charge in [0.25, 0.3) is 0 Å². The summed E-state index contributed by atoms with van der Waals surface area (Å²) in [5.41, 5.74) is 12.1. The molecule has 6 heteroatoms. The van der Waals surface area contributed by atoms with Gasteiger partial charge in [0.2, 0.25) is 0 Å². The van der Waals surface area contributed by atoms with Gasteiger partial charge in [0.1, 0.15) is 5.75 Å². The standard InChI is InChI=1S/C32H33NO4S/c1-35-29-7-2-3-8-31(29)38-21-28-18-30(25-11-9-22(20-34)10-12-25)37-32(36-28)26-15-13-24(14-16-26)27-6-4-5-23(17-27)19-33/h2-17,28,30,32,34H,18-21,33H2,1H3/t28-,30+,32+/m0/s1. The Kier molecular flexibility index (Phi) is 8.79. The molecule has 4 aromatic carbocycles. The fourth-order valence-electron chi connectivity index (χ4n) is 4.65. The minimum atomic E-state index is -0.487. The van der Waals surface area contributed by atoms with Crippen LogP contribution in [-0.2, 0) is 22.6 Å². The van der Waals surface area contributed by atoms with E-state index in [1.165, 1.54) is 0 Å². The predicted molar refractivity (Wildman–Crippen MR) is 152 cm³/mol. The minimum absolute atomic E-state index is 0.0212. The van der Waals surface area contributed by atoms with Crippen molar-refractivity contribution in [1.29, 1.82) is 0 Å². The molecule has 1 aliphatic heterocycles. The zero-order chi connectivity index (χ0) is 26.3. The number of para-hydroxylation sites is 1. The van der Waals surface area contributed by atoms with E-state index >= 15 is 0 Å². The van der Waals surface area contributed by atoms with Crippen molar-refractivity contribution >= 4 is 11.8 Å². The first kappa shape index (κ1) is 26.5. The van der Waals surface area contributed by atoms with Crippen LogP contribution in [0.2, 0.25) is 0 Å². The normalized spacial score (nSPS) is 19.3. The fourth-order valence-corrected chi connectivity index (χ4v) is 5.70. The lowest BCUT2D eigenvalue weighted by atomic mass is 9.99. The maximum Gasteiger partial charge on any atom is 0.184 e. The van der Waals surface area contributed by atoms with E-state index in [-0.39, 0.29) is 18.8 Å². The Morgan fingerprint density at radius 3 is 2.34 bits per heavy atom. The monoisotopic (exact) mass is 527 g/mol. The van der Waals surface area contributed by atoms with Crippen LogP contribution < -0.4 is 10.5 Å². The Morgan fingerprint density at radius 1 is 0.842 bits per heavy atom. The average molecular weight is 528 g/mol. The van der Waals surface area contributed by atoms with Crippen molar-refractivity contribution < 1.29 is 19.3 Å². The lowest BCUT2D eigenvalue weighted by Gasteiger charge is -2.36. The van der Waals surface area contributed by atoms with Crippen LogP contribution in [-0.4, -0.2) is 24.1 Å². The van der Waals surface area contributed by atoms with E-state index in [1.807, 2.05) is 54.6 Å². The van der Waals surface area contributed by atoms with Gasteiger partial charge in [0.15, 0.2) is 6.29 Å². The molecule has 38 heavy (non-hydrogen) atoms. The van der Waals surface area contributed by atoms with Crippen molar-refractivity contribution in [1.82, 2.24) is 0 Å². The van der Waals surface area contributed by atoms with Crippen LogP contribution in [0.1, 0.15) is 41.1 Å². The summed E-state index contributed by atoms with van der Waals surface area (Å²) in [7, 11) is 1.70. The van der Waals surface area contributed by atoms with E-state index in [4.69, 9.17) is 19.9 Å². The molecule has 4 aromatic rings. The van der Waals surface area contributed by atoms with Gasteiger partial charge in [0, 0.05) is 29.2 Å². The second kappa shape index (κ2) is 12.6. The van der Waals surface area contributed by atoms with Crippen LogP contribution in [0.15, 0.2) is 102 Å². The molecule has 1 fully saturated rings. The summed E-state index contributed by atoms with van der Waals surface area (Å²) < 4.78 is 18.5. The van der Waals surface area contributed by atoms with E-state index in [0.29, 0.717) is 6.54 Å². The number of ether oxygens (including phenoxy) is 3. The first-order chi connectivity index (χ1) is 18.7. The largest absolute Gasteiger partial charge is 0.496 e. The van der Waals surface area contributed by atoms with Crippen molar-refractivity contribution in [3.8, 4) is 16.9 Å². The fraction of sp³-hybridized carbons (Fsp3) is 0.250. The van der Waals surface area contributed by atoms with E-state index in [0.717, 1.165) is 56.2 Å². The SMILES string of the molecule is COc1ccccc1SC[C@@H]1C[C@H](c2ccc(CO)cc2)O[C@H](c2ccc(-c3cccc(CN)c3)cc2)O1. The number of aliphatic hydroxyl groups excluding tert-OH is 1. The van der Waals surface area contributed by atoms with Gasteiger partial charge in [-0.1, -0.05) is 78.9 Å². The number of hydrogen-bond acceptors (Lipinski definition) is 6. The van der Waals surface area contributed by atoms with Crippen LogP contribution in [0.4, 0.5) is 0 Å². The van der Waals surface area contributed by atoms with E-state index < -0.39 is 6.29 Å². The number of hydrogen-bond donors (Lipinski definition) is 2. The molecule has 0 bridgehead atoms. The molecule has 0 unspecified atom stereocenters. The predicted octanol–water partition coefficient (Wildman–Crippen LogP) is 6.65. The Balaban J connectivity index is 1.37. The summed E-state index contributed by atoms with van der Waals surface area (Å²) in [5, 5.41) is 9.46. The molecular weight excluding hydrogens is 494 g/mol. The third kappa shape index (κ3) is 6.29. The van der Waals surface area contributed by atoms with Gasteiger partial charge in [-0.15, -0.1) is 11.8 Å². The first-order valence-electron chi connectivity index (χ1n) is 12.8. The molecule has 0 saturated carbocycles. The molecule has 3 atom stereocenters. The van der Waals surface area contributed by atoms with Gasteiger partial charge < -0.3 is 25.1 Å². The van der Waals surface area contributed by atoms with Gasteiger partial charge in [-0.25, -0.2) is 0 Å².